The first-order valence-corrected chi connectivity index (χ1v) is 15.9. The molecule has 1 fully saturated rings. The summed E-state index contributed by atoms with van der Waals surface area (Å²) in [6.45, 7) is -2.76. The highest BCUT2D eigenvalue weighted by molar-refractivity contribution is 7.88. The minimum absolute atomic E-state index is 0.000745. The molecule has 8 nitrogen and oxygen atoms in total. The molecule has 4 aromatic rings. The lowest BCUT2D eigenvalue weighted by Gasteiger charge is -2.47. The number of hydrogen-bond donors (Lipinski definition) is 0. The van der Waals surface area contributed by atoms with Crippen LogP contribution in [0, 0.1) is 5.92 Å². The Morgan fingerprint density at radius 2 is 1.50 bits per heavy atom. The molecule has 228 valence electrons. The monoisotopic (exact) mass is 615 g/mol. The number of piperidine rings is 1. The van der Waals surface area contributed by atoms with E-state index in [2.05, 4.69) is 0 Å². The van der Waals surface area contributed by atoms with Crippen molar-refractivity contribution in [3.05, 3.63) is 138 Å². The second kappa shape index (κ2) is 13.5. The van der Waals surface area contributed by atoms with Crippen molar-refractivity contribution in [2.75, 3.05) is 33.7 Å². The van der Waals surface area contributed by atoms with Crippen LogP contribution in [-0.2, 0) is 26.1 Å². The highest BCUT2D eigenvalue weighted by Crippen LogP contribution is 2.44. The SMILES string of the molecule is [2H]C([2H])([2H])N(C)C[C@@H]1CN(S(=O)(=O)Cc2ccccc2)CC[C@@]1(OC(=O)c1ccccc1)c1cccc(OC(=O)c2ccccc2)c1. The number of hydrogen-bond acceptors (Lipinski definition) is 7. The predicted octanol–water partition coefficient (Wildman–Crippen LogP) is 5.37. The molecule has 0 N–H and O–H groups in total. The predicted molar refractivity (Wildman–Crippen MR) is 169 cm³/mol. The van der Waals surface area contributed by atoms with Crippen molar-refractivity contribution in [1.82, 2.24) is 9.21 Å². The van der Waals surface area contributed by atoms with E-state index in [0.29, 0.717) is 16.7 Å². The first-order chi connectivity index (χ1) is 22.4. The van der Waals surface area contributed by atoms with Crippen molar-refractivity contribution in [3.8, 4) is 5.75 Å². The fraction of sp³-hybridized carbons (Fsp3) is 0.257. The number of esters is 2. The van der Waals surface area contributed by atoms with Gasteiger partial charge < -0.3 is 14.4 Å². The Balaban J connectivity index is 1.56. The molecule has 0 unspecified atom stereocenters. The fourth-order valence-electron chi connectivity index (χ4n) is 5.58. The third-order valence-corrected chi connectivity index (χ3v) is 9.54. The van der Waals surface area contributed by atoms with E-state index in [4.69, 9.17) is 13.6 Å². The van der Waals surface area contributed by atoms with Crippen LogP contribution in [0.4, 0.5) is 0 Å². The Kier molecular flexibility index (Phi) is 8.39. The van der Waals surface area contributed by atoms with Gasteiger partial charge in [0.1, 0.15) is 11.4 Å². The topological polar surface area (TPSA) is 93.2 Å². The summed E-state index contributed by atoms with van der Waals surface area (Å²) in [5, 5.41) is 0. The zero-order chi connectivity index (χ0) is 33.7. The van der Waals surface area contributed by atoms with Crippen LogP contribution in [0.3, 0.4) is 0 Å². The van der Waals surface area contributed by atoms with Crippen LogP contribution in [0.15, 0.2) is 115 Å². The molecular formula is C35H36N2O6S. The zero-order valence-corrected chi connectivity index (χ0v) is 25.2. The number of benzene rings is 4. The van der Waals surface area contributed by atoms with Gasteiger partial charge >= 0.3 is 11.9 Å². The summed E-state index contributed by atoms with van der Waals surface area (Å²) in [7, 11) is -2.42. The number of nitrogens with zero attached hydrogens (tertiary/aromatic N) is 2. The second-order valence-corrected chi connectivity index (χ2v) is 12.8. The van der Waals surface area contributed by atoms with Crippen LogP contribution in [0.1, 0.15) is 42.4 Å². The number of ether oxygens (including phenoxy) is 2. The summed E-state index contributed by atoms with van der Waals surface area (Å²) in [6.07, 6.45) is 0.0230. The van der Waals surface area contributed by atoms with E-state index >= 15 is 0 Å². The molecule has 5 rings (SSSR count). The zero-order valence-electron chi connectivity index (χ0n) is 27.3. The van der Waals surface area contributed by atoms with E-state index in [0.717, 1.165) is 4.90 Å². The lowest BCUT2D eigenvalue weighted by Crippen LogP contribution is -2.56. The fourth-order valence-corrected chi connectivity index (χ4v) is 7.15. The maximum absolute atomic E-state index is 13.7. The average molecular weight is 616 g/mol. The number of carbonyl (C=O) groups excluding carboxylic acids is 2. The molecule has 1 saturated heterocycles. The molecule has 44 heavy (non-hydrogen) atoms. The van der Waals surface area contributed by atoms with Gasteiger partial charge in [-0.3, -0.25) is 0 Å². The van der Waals surface area contributed by atoms with E-state index in [1.807, 2.05) is 0 Å². The molecule has 0 radical (unpaired) electrons. The van der Waals surface area contributed by atoms with Gasteiger partial charge in [-0.15, -0.1) is 0 Å². The Hall–Kier alpha value is -4.31. The second-order valence-electron chi connectivity index (χ2n) is 10.9. The van der Waals surface area contributed by atoms with Gasteiger partial charge in [0.25, 0.3) is 0 Å². The summed E-state index contributed by atoms with van der Waals surface area (Å²) in [5.74, 6) is -2.12. The molecule has 0 bridgehead atoms. The van der Waals surface area contributed by atoms with Crippen LogP contribution in [-0.4, -0.2) is 63.2 Å². The van der Waals surface area contributed by atoms with Crippen molar-refractivity contribution in [2.24, 2.45) is 5.92 Å². The first kappa shape index (κ1) is 27.3. The molecule has 1 aliphatic rings. The van der Waals surface area contributed by atoms with E-state index in [9.17, 15) is 18.0 Å². The van der Waals surface area contributed by atoms with Crippen molar-refractivity contribution in [3.63, 3.8) is 0 Å². The van der Waals surface area contributed by atoms with Gasteiger partial charge in [0.2, 0.25) is 10.0 Å². The van der Waals surface area contributed by atoms with Gasteiger partial charge in [-0.1, -0.05) is 78.9 Å². The number of sulfonamides is 1. The van der Waals surface area contributed by atoms with Crippen molar-refractivity contribution >= 4 is 22.0 Å². The van der Waals surface area contributed by atoms with Crippen LogP contribution in [0.2, 0.25) is 0 Å². The molecule has 0 amide bonds. The molecule has 0 spiro atoms. The maximum Gasteiger partial charge on any atom is 0.343 e. The van der Waals surface area contributed by atoms with E-state index in [1.165, 1.54) is 11.4 Å². The third kappa shape index (κ3) is 7.24. The quantitative estimate of drug-likeness (QED) is 0.175. The minimum atomic E-state index is -3.84. The normalized spacial score (nSPS) is 20.2. The van der Waals surface area contributed by atoms with Crippen LogP contribution >= 0.6 is 0 Å². The molecule has 1 aliphatic heterocycles. The molecule has 0 saturated carbocycles. The molecule has 9 heteroatoms. The molecule has 4 aromatic carbocycles. The summed E-state index contributed by atoms with van der Waals surface area (Å²) in [6, 6.07) is 32.2. The van der Waals surface area contributed by atoms with Gasteiger partial charge in [0, 0.05) is 36.1 Å². The summed E-state index contributed by atoms with van der Waals surface area (Å²) in [5.41, 5.74) is 0.200. The maximum atomic E-state index is 13.7. The van der Waals surface area contributed by atoms with Crippen molar-refractivity contribution in [1.29, 1.82) is 0 Å². The standard InChI is InChI=1S/C35H36N2O6S/c1-36(2)24-31-25-37(44(40,41)26-27-13-6-3-7-14-27)22-21-35(31,43-34(39)29-17-10-5-11-18-29)30-19-12-20-32(23-30)42-33(38)28-15-8-4-9-16-28/h3-20,23,31H,21-22,24-26H2,1-2H3/t31-,35-/m1/s1/i1D3. The Morgan fingerprint density at radius 1 is 0.886 bits per heavy atom. The van der Waals surface area contributed by atoms with Gasteiger partial charge in [-0.05, 0) is 61.5 Å². The van der Waals surface area contributed by atoms with Crippen LogP contribution < -0.4 is 4.74 Å². The largest absolute Gasteiger partial charge is 0.450 e. The van der Waals surface area contributed by atoms with E-state index in [-0.39, 0.29) is 43.1 Å². The van der Waals surface area contributed by atoms with Gasteiger partial charge in [-0.25, -0.2) is 22.3 Å². The number of rotatable bonds is 10. The Labute approximate surface area is 263 Å². The molecule has 2 atom stereocenters. The van der Waals surface area contributed by atoms with Gasteiger partial charge in [0.15, 0.2) is 0 Å². The average Bonchev–Trinajstić information content (AvgIpc) is 3.06. The highest BCUT2D eigenvalue weighted by atomic mass is 32.2. The Morgan fingerprint density at radius 3 is 2.14 bits per heavy atom. The molecule has 0 aromatic heterocycles. The smallest absolute Gasteiger partial charge is 0.343 e. The summed E-state index contributed by atoms with van der Waals surface area (Å²) in [4.78, 5) is 27.8. The van der Waals surface area contributed by atoms with Gasteiger partial charge in [0.05, 0.1) is 16.9 Å². The van der Waals surface area contributed by atoms with E-state index < -0.39 is 40.5 Å². The lowest BCUT2D eigenvalue weighted by molar-refractivity contribution is -0.0881. The molecule has 0 aliphatic carbocycles. The Bertz CT molecular complexity index is 1790. The van der Waals surface area contributed by atoms with Crippen LogP contribution in [0.25, 0.3) is 0 Å². The summed E-state index contributed by atoms with van der Waals surface area (Å²) >= 11 is 0. The highest BCUT2D eigenvalue weighted by Gasteiger charge is 2.50. The summed E-state index contributed by atoms with van der Waals surface area (Å²) < 4.78 is 65.0. The van der Waals surface area contributed by atoms with E-state index in [1.54, 1.807) is 115 Å². The lowest BCUT2D eigenvalue weighted by atomic mass is 9.75. The first-order valence-electron chi connectivity index (χ1n) is 15.8. The molecular weight excluding hydrogens is 576 g/mol. The van der Waals surface area contributed by atoms with Crippen LogP contribution in [0.5, 0.6) is 5.75 Å². The minimum Gasteiger partial charge on any atom is -0.450 e. The molecule has 1 heterocycles. The third-order valence-electron chi connectivity index (χ3n) is 7.72. The van der Waals surface area contributed by atoms with Crippen molar-refractivity contribution < 1.29 is 31.6 Å². The number of carbonyl (C=O) groups is 2. The van der Waals surface area contributed by atoms with Crippen molar-refractivity contribution in [2.45, 2.75) is 17.8 Å². The van der Waals surface area contributed by atoms with Gasteiger partial charge in [-0.2, -0.15) is 0 Å².